The molecule has 1 heterocycles. The van der Waals surface area contributed by atoms with Crippen LogP contribution in [0, 0.1) is 0 Å². The topological polar surface area (TPSA) is 25.2 Å². The van der Waals surface area contributed by atoms with Crippen LogP contribution < -0.4 is 5.32 Å². The molecule has 1 rings (SSSR count). The second-order valence-corrected chi connectivity index (χ2v) is 6.44. The van der Waals surface area contributed by atoms with Gasteiger partial charge in [-0.3, -0.25) is 0 Å². The predicted octanol–water partition coefficient (Wildman–Crippen LogP) is 3.46. The van der Waals surface area contributed by atoms with Gasteiger partial charge < -0.3 is 9.73 Å². The molecule has 0 radical (unpaired) electrons. The van der Waals surface area contributed by atoms with Gasteiger partial charge in [-0.15, -0.1) is 0 Å². The van der Waals surface area contributed by atoms with Crippen LogP contribution in [0.25, 0.3) is 0 Å². The Kier molecular flexibility index (Phi) is 4.74. The van der Waals surface area contributed by atoms with E-state index in [4.69, 9.17) is 4.42 Å². The van der Waals surface area contributed by atoms with Gasteiger partial charge in [0.05, 0.1) is 12.5 Å². The number of thioether (sulfide) groups is 1. The van der Waals surface area contributed by atoms with Crippen LogP contribution in [0.15, 0.2) is 23.0 Å². The monoisotopic (exact) mass is 227 g/mol. The molecule has 1 aromatic rings. The molecule has 1 N–H and O–H groups in total. The second kappa shape index (κ2) is 5.61. The summed E-state index contributed by atoms with van der Waals surface area (Å²) in [5.74, 6) is 1.08. The Balaban J connectivity index is 2.52. The van der Waals surface area contributed by atoms with Gasteiger partial charge in [-0.25, -0.2) is 0 Å². The highest BCUT2D eigenvalue weighted by atomic mass is 32.2. The lowest BCUT2D eigenvalue weighted by molar-refractivity contribution is 0.547. The third-order valence-electron chi connectivity index (χ3n) is 2.08. The van der Waals surface area contributed by atoms with Crippen LogP contribution >= 0.6 is 11.8 Å². The summed E-state index contributed by atoms with van der Waals surface area (Å²) >= 11 is 1.98. The van der Waals surface area contributed by atoms with Crippen LogP contribution in [-0.4, -0.2) is 17.0 Å². The van der Waals surface area contributed by atoms with Crippen molar-refractivity contribution in [3.63, 3.8) is 0 Å². The average molecular weight is 227 g/mol. The van der Waals surface area contributed by atoms with Crippen LogP contribution in [0.3, 0.4) is 0 Å². The van der Waals surface area contributed by atoms with Gasteiger partial charge in [0.15, 0.2) is 0 Å². The van der Waals surface area contributed by atoms with Crippen molar-refractivity contribution in [1.82, 2.24) is 5.32 Å². The molecule has 0 fully saturated rings. The predicted molar refractivity (Wildman–Crippen MR) is 67.3 cm³/mol. The Bertz CT molecular complexity index is 264. The van der Waals surface area contributed by atoms with E-state index in [0.29, 0.717) is 10.8 Å². The molecule has 0 bridgehead atoms. The fourth-order valence-corrected chi connectivity index (χ4v) is 2.30. The van der Waals surface area contributed by atoms with E-state index in [2.05, 4.69) is 33.0 Å². The van der Waals surface area contributed by atoms with Crippen molar-refractivity contribution >= 4 is 11.8 Å². The number of rotatable bonds is 5. The minimum absolute atomic E-state index is 0.317. The minimum Gasteiger partial charge on any atom is -0.472 e. The van der Waals surface area contributed by atoms with E-state index in [1.807, 2.05) is 24.1 Å². The van der Waals surface area contributed by atoms with Crippen molar-refractivity contribution in [3.05, 3.63) is 24.2 Å². The highest BCUT2D eigenvalue weighted by molar-refractivity contribution is 8.00. The molecular weight excluding hydrogens is 206 g/mol. The van der Waals surface area contributed by atoms with E-state index in [1.54, 1.807) is 6.26 Å². The van der Waals surface area contributed by atoms with Gasteiger partial charge in [0, 0.05) is 22.1 Å². The standard InChI is InChI=1S/C12H21NOS/c1-5-13-11(9-15-12(2,3)4)10-6-7-14-8-10/h6-8,11,13H,5,9H2,1-4H3. The Morgan fingerprint density at radius 1 is 1.47 bits per heavy atom. The second-order valence-electron chi connectivity index (χ2n) is 4.59. The minimum atomic E-state index is 0.317. The average Bonchev–Trinajstić information content (AvgIpc) is 2.63. The molecule has 0 aliphatic rings. The molecule has 0 amide bonds. The summed E-state index contributed by atoms with van der Waals surface area (Å²) in [6.45, 7) is 9.86. The van der Waals surface area contributed by atoms with Gasteiger partial charge in [0.1, 0.15) is 0 Å². The molecule has 2 nitrogen and oxygen atoms in total. The zero-order valence-electron chi connectivity index (χ0n) is 10.0. The highest BCUT2D eigenvalue weighted by Gasteiger charge is 2.17. The van der Waals surface area contributed by atoms with Crippen LogP contribution in [0.4, 0.5) is 0 Å². The quantitative estimate of drug-likeness (QED) is 0.834. The molecule has 0 aliphatic heterocycles. The van der Waals surface area contributed by atoms with Crippen LogP contribution in [0.2, 0.25) is 0 Å². The largest absolute Gasteiger partial charge is 0.472 e. The first-order chi connectivity index (χ1) is 7.03. The first-order valence-electron chi connectivity index (χ1n) is 5.42. The third-order valence-corrected chi connectivity index (χ3v) is 3.45. The fraction of sp³-hybridized carbons (Fsp3) is 0.667. The van der Waals surface area contributed by atoms with Gasteiger partial charge >= 0.3 is 0 Å². The lowest BCUT2D eigenvalue weighted by Crippen LogP contribution is -2.24. The maximum absolute atomic E-state index is 5.12. The van der Waals surface area contributed by atoms with Crippen LogP contribution in [0.5, 0.6) is 0 Å². The van der Waals surface area contributed by atoms with E-state index < -0.39 is 0 Å². The zero-order valence-corrected chi connectivity index (χ0v) is 10.9. The molecule has 0 aromatic carbocycles. The van der Waals surface area contributed by atoms with Crippen molar-refractivity contribution in [2.45, 2.75) is 38.5 Å². The van der Waals surface area contributed by atoms with E-state index >= 15 is 0 Å². The van der Waals surface area contributed by atoms with Gasteiger partial charge in [-0.1, -0.05) is 27.7 Å². The van der Waals surface area contributed by atoms with Crippen molar-refractivity contribution < 1.29 is 4.42 Å². The van der Waals surface area contributed by atoms with Crippen LogP contribution in [-0.2, 0) is 0 Å². The summed E-state index contributed by atoms with van der Waals surface area (Å²) in [4.78, 5) is 0. The maximum atomic E-state index is 5.12. The lowest BCUT2D eigenvalue weighted by Gasteiger charge is -2.22. The normalized spacial score (nSPS) is 14.1. The molecule has 86 valence electrons. The molecule has 1 unspecified atom stereocenters. The van der Waals surface area contributed by atoms with Gasteiger partial charge in [-0.2, -0.15) is 11.8 Å². The van der Waals surface area contributed by atoms with Crippen molar-refractivity contribution in [1.29, 1.82) is 0 Å². The van der Waals surface area contributed by atoms with E-state index in [-0.39, 0.29) is 0 Å². The lowest BCUT2D eigenvalue weighted by atomic mass is 10.2. The van der Waals surface area contributed by atoms with Crippen molar-refractivity contribution in [3.8, 4) is 0 Å². The third kappa shape index (κ3) is 4.76. The number of hydrogen-bond acceptors (Lipinski definition) is 3. The Morgan fingerprint density at radius 2 is 2.20 bits per heavy atom. The summed E-state index contributed by atoms with van der Waals surface area (Å²) in [5.41, 5.74) is 1.24. The summed E-state index contributed by atoms with van der Waals surface area (Å²) in [5, 5.41) is 3.48. The van der Waals surface area contributed by atoms with Gasteiger partial charge in [0.2, 0.25) is 0 Å². The number of hydrogen-bond donors (Lipinski definition) is 1. The summed E-state index contributed by atoms with van der Waals surface area (Å²) < 4.78 is 5.44. The molecule has 3 heteroatoms. The Hall–Kier alpha value is -0.410. The van der Waals surface area contributed by atoms with E-state index in [1.165, 1.54) is 5.56 Å². The van der Waals surface area contributed by atoms with E-state index in [0.717, 1.165) is 12.3 Å². The molecule has 1 atom stereocenters. The molecule has 0 aliphatic carbocycles. The number of furan rings is 1. The van der Waals surface area contributed by atoms with Crippen molar-refractivity contribution in [2.24, 2.45) is 0 Å². The first-order valence-corrected chi connectivity index (χ1v) is 6.41. The maximum Gasteiger partial charge on any atom is 0.0950 e. The zero-order chi connectivity index (χ0) is 11.3. The van der Waals surface area contributed by atoms with Gasteiger partial charge in [0.25, 0.3) is 0 Å². The molecule has 0 saturated heterocycles. The summed E-state index contributed by atoms with van der Waals surface area (Å²) in [6.07, 6.45) is 3.57. The Morgan fingerprint density at radius 3 is 2.67 bits per heavy atom. The SMILES string of the molecule is CCNC(CSC(C)(C)C)c1ccoc1. The van der Waals surface area contributed by atoms with Crippen LogP contribution in [0.1, 0.15) is 39.3 Å². The highest BCUT2D eigenvalue weighted by Crippen LogP contribution is 2.28. The molecule has 0 spiro atoms. The number of nitrogens with one attached hydrogen (secondary N) is 1. The molecule has 0 saturated carbocycles. The summed E-state index contributed by atoms with van der Waals surface area (Å²) in [7, 11) is 0. The summed E-state index contributed by atoms with van der Waals surface area (Å²) in [6, 6.07) is 2.44. The molecular formula is C12H21NOS. The molecule has 15 heavy (non-hydrogen) atoms. The van der Waals surface area contributed by atoms with E-state index in [9.17, 15) is 0 Å². The fourth-order valence-electron chi connectivity index (χ4n) is 1.33. The van der Waals surface area contributed by atoms with Crippen molar-refractivity contribution in [2.75, 3.05) is 12.3 Å². The van der Waals surface area contributed by atoms with Gasteiger partial charge in [-0.05, 0) is 12.6 Å². The molecule has 1 aromatic heterocycles. The Labute approximate surface area is 96.8 Å². The smallest absolute Gasteiger partial charge is 0.0950 e. The first kappa shape index (κ1) is 12.7.